The molecular formula is C17H14N2O4. The fourth-order valence-electron chi connectivity index (χ4n) is 2.57. The SMILES string of the molecule is CONC(=O)c1ccc2c(c1)C(=O)N(c1ccccc1C)C2=O. The molecule has 0 saturated heterocycles. The second-order valence-electron chi connectivity index (χ2n) is 5.13. The average molecular weight is 310 g/mol. The lowest BCUT2D eigenvalue weighted by atomic mass is 10.1. The number of anilines is 1. The van der Waals surface area contributed by atoms with E-state index in [0.717, 1.165) is 10.5 Å². The van der Waals surface area contributed by atoms with Gasteiger partial charge in [0.25, 0.3) is 17.7 Å². The zero-order chi connectivity index (χ0) is 16.6. The Bertz CT molecular complexity index is 829. The van der Waals surface area contributed by atoms with Gasteiger partial charge in [-0.1, -0.05) is 18.2 Å². The summed E-state index contributed by atoms with van der Waals surface area (Å²) in [5.74, 6) is -1.31. The fourth-order valence-corrected chi connectivity index (χ4v) is 2.57. The summed E-state index contributed by atoms with van der Waals surface area (Å²) in [6, 6.07) is 11.5. The van der Waals surface area contributed by atoms with Crippen LogP contribution in [0.5, 0.6) is 0 Å². The monoisotopic (exact) mass is 310 g/mol. The van der Waals surface area contributed by atoms with E-state index in [1.165, 1.54) is 25.3 Å². The molecular weight excluding hydrogens is 296 g/mol. The predicted octanol–water partition coefficient (Wildman–Crippen LogP) is 2.09. The molecule has 2 aromatic carbocycles. The number of benzene rings is 2. The number of carbonyl (C=O) groups is 3. The van der Waals surface area contributed by atoms with E-state index >= 15 is 0 Å². The summed E-state index contributed by atoms with van der Waals surface area (Å²) in [4.78, 5) is 42.7. The van der Waals surface area contributed by atoms with Gasteiger partial charge in [-0.25, -0.2) is 10.4 Å². The molecule has 1 heterocycles. The Morgan fingerprint density at radius 3 is 2.43 bits per heavy atom. The molecule has 6 nitrogen and oxygen atoms in total. The first-order valence-corrected chi connectivity index (χ1v) is 6.96. The van der Waals surface area contributed by atoms with Crippen molar-refractivity contribution in [2.24, 2.45) is 0 Å². The van der Waals surface area contributed by atoms with E-state index in [2.05, 4.69) is 10.3 Å². The highest BCUT2D eigenvalue weighted by Crippen LogP contribution is 2.30. The third kappa shape index (κ3) is 2.39. The van der Waals surface area contributed by atoms with Gasteiger partial charge in [-0.2, -0.15) is 0 Å². The third-order valence-electron chi connectivity index (χ3n) is 3.70. The first-order chi connectivity index (χ1) is 11.0. The lowest BCUT2D eigenvalue weighted by Gasteiger charge is -2.16. The van der Waals surface area contributed by atoms with Crippen molar-refractivity contribution in [1.29, 1.82) is 0 Å². The molecule has 23 heavy (non-hydrogen) atoms. The van der Waals surface area contributed by atoms with Crippen LogP contribution in [-0.2, 0) is 4.84 Å². The number of carbonyl (C=O) groups excluding carboxylic acids is 3. The van der Waals surface area contributed by atoms with Crippen molar-refractivity contribution in [2.45, 2.75) is 6.92 Å². The number of amides is 3. The molecule has 0 radical (unpaired) electrons. The number of hydrogen-bond donors (Lipinski definition) is 1. The van der Waals surface area contributed by atoms with Crippen LogP contribution in [0.2, 0.25) is 0 Å². The second kappa shape index (κ2) is 5.66. The van der Waals surface area contributed by atoms with Crippen LogP contribution in [0.4, 0.5) is 5.69 Å². The van der Waals surface area contributed by atoms with Gasteiger partial charge in [0.05, 0.1) is 23.9 Å². The molecule has 0 saturated carbocycles. The van der Waals surface area contributed by atoms with Crippen LogP contribution >= 0.6 is 0 Å². The molecule has 0 spiro atoms. The molecule has 116 valence electrons. The quantitative estimate of drug-likeness (QED) is 0.696. The molecule has 0 unspecified atom stereocenters. The summed E-state index contributed by atoms with van der Waals surface area (Å²) >= 11 is 0. The smallest absolute Gasteiger partial charge is 0.274 e. The standard InChI is InChI=1S/C17H14N2O4/c1-10-5-3-4-6-14(10)19-16(21)12-8-7-11(15(20)18-23-2)9-13(12)17(19)22/h3-9H,1-2H3,(H,18,20). The van der Waals surface area contributed by atoms with E-state index in [4.69, 9.17) is 0 Å². The van der Waals surface area contributed by atoms with E-state index in [1.54, 1.807) is 12.1 Å². The first-order valence-electron chi connectivity index (χ1n) is 6.96. The third-order valence-corrected chi connectivity index (χ3v) is 3.70. The highest BCUT2D eigenvalue weighted by molar-refractivity contribution is 6.35. The molecule has 2 aromatic rings. The van der Waals surface area contributed by atoms with E-state index in [9.17, 15) is 14.4 Å². The number of hydrogen-bond acceptors (Lipinski definition) is 4. The molecule has 0 fully saturated rings. The van der Waals surface area contributed by atoms with Crippen LogP contribution in [0.3, 0.4) is 0 Å². The van der Waals surface area contributed by atoms with Crippen molar-refractivity contribution in [3.05, 3.63) is 64.7 Å². The van der Waals surface area contributed by atoms with Crippen molar-refractivity contribution in [1.82, 2.24) is 5.48 Å². The maximum atomic E-state index is 12.6. The maximum Gasteiger partial charge on any atom is 0.274 e. The Morgan fingerprint density at radius 2 is 1.74 bits per heavy atom. The molecule has 6 heteroatoms. The predicted molar refractivity (Wildman–Crippen MR) is 83.2 cm³/mol. The first kappa shape index (κ1) is 14.9. The Hall–Kier alpha value is -2.99. The second-order valence-corrected chi connectivity index (χ2v) is 5.13. The minimum absolute atomic E-state index is 0.210. The molecule has 3 amide bonds. The summed E-state index contributed by atoms with van der Waals surface area (Å²) in [7, 11) is 1.32. The van der Waals surface area contributed by atoms with Gasteiger partial charge < -0.3 is 0 Å². The largest absolute Gasteiger partial charge is 0.277 e. The minimum atomic E-state index is -0.482. The molecule has 1 aliphatic heterocycles. The number of hydroxylamine groups is 1. The molecule has 0 bridgehead atoms. The number of nitrogens with zero attached hydrogens (tertiary/aromatic N) is 1. The highest BCUT2D eigenvalue weighted by atomic mass is 16.6. The highest BCUT2D eigenvalue weighted by Gasteiger charge is 2.37. The number of nitrogens with one attached hydrogen (secondary N) is 1. The molecule has 0 aliphatic carbocycles. The molecule has 0 atom stereocenters. The van der Waals surface area contributed by atoms with Crippen molar-refractivity contribution in [3.8, 4) is 0 Å². The summed E-state index contributed by atoms with van der Waals surface area (Å²) < 4.78 is 0. The number of para-hydroxylation sites is 1. The van der Waals surface area contributed by atoms with Gasteiger partial charge in [0, 0.05) is 5.56 Å². The van der Waals surface area contributed by atoms with E-state index in [-0.39, 0.29) is 16.7 Å². The lowest BCUT2D eigenvalue weighted by molar-refractivity contribution is 0.0537. The zero-order valence-electron chi connectivity index (χ0n) is 12.6. The number of rotatable bonds is 3. The molecule has 0 aromatic heterocycles. The fraction of sp³-hybridized carbons (Fsp3) is 0.118. The van der Waals surface area contributed by atoms with E-state index < -0.39 is 17.7 Å². The number of aryl methyl sites for hydroxylation is 1. The summed E-state index contributed by atoms with van der Waals surface area (Å²) in [6.07, 6.45) is 0. The van der Waals surface area contributed by atoms with Crippen molar-refractivity contribution >= 4 is 23.4 Å². The van der Waals surface area contributed by atoms with Crippen LogP contribution in [-0.4, -0.2) is 24.8 Å². The van der Waals surface area contributed by atoms with Crippen molar-refractivity contribution in [2.75, 3.05) is 12.0 Å². The Morgan fingerprint density at radius 1 is 1.04 bits per heavy atom. The maximum absolute atomic E-state index is 12.6. The summed E-state index contributed by atoms with van der Waals surface area (Å²) in [5, 5.41) is 0. The van der Waals surface area contributed by atoms with Gasteiger partial charge in [-0.15, -0.1) is 0 Å². The van der Waals surface area contributed by atoms with Crippen LogP contribution in [0.25, 0.3) is 0 Å². The van der Waals surface area contributed by atoms with Gasteiger partial charge in [0.15, 0.2) is 0 Å². The van der Waals surface area contributed by atoms with Gasteiger partial charge >= 0.3 is 0 Å². The van der Waals surface area contributed by atoms with Crippen LogP contribution < -0.4 is 10.4 Å². The van der Waals surface area contributed by atoms with Crippen LogP contribution in [0, 0.1) is 6.92 Å². The van der Waals surface area contributed by atoms with E-state index in [0.29, 0.717) is 5.69 Å². The number of imide groups is 1. The normalized spacial score (nSPS) is 13.2. The lowest BCUT2D eigenvalue weighted by Crippen LogP contribution is -2.30. The Labute approximate surface area is 132 Å². The molecule has 1 aliphatic rings. The summed E-state index contributed by atoms with van der Waals surface area (Å²) in [6.45, 7) is 1.83. The van der Waals surface area contributed by atoms with E-state index in [1.807, 2.05) is 19.1 Å². The Balaban J connectivity index is 2.04. The van der Waals surface area contributed by atoms with Crippen LogP contribution in [0.15, 0.2) is 42.5 Å². The van der Waals surface area contributed by atoms with Crippen LogP contribution in [0.1, 0.15) is 36.6 Å². The van der Waals surface area contributed by atoms with Gasteiger partial charge in [-0.3, -0.25) is 19.2 Å². The van der Waals surface area contributed by atoms with Crippen molar-refractivity contribution in [3.63, 3.8) is 0 Å². The average Bonchev–Trinajstić information content (AvgIpc) is 2.79. The number of fused-ring (bicyclic) bond motifs is 1. The van der Waals surface area contributed by atoms with Gasteiger partial charge in [0.1, 0.15) is 0 Å². The zero-order valence-corrected chi connectivity index (χ0v) is 12.6. The molecule has 3 rings (SSSR count). The Kier molecular flexibility index (Phi) is 3.67. The van der Waals surface area contributed by atoms with Gasteiger partial charge in [0.2, 0.25) is 0 Å². The van der Waals surface area contributed by atoms with Gasteiger partial charge in [-0.05, 0) is 36.8 Å². The topological polar surface area (TPSA) is 75.7 Å². The van der Waals surface area contributed by atoms with Crippen molar-refractivity contribution < 1.29 is 19.2 Å². The summed E-state index contributed by atoms with van der Waals surface area (Å²) in [5.41, 5.74) is 4.29. The molecule has 1 N–H and O–H groups in total. The minimum Gasteiger partial charge on any atom is -0.277 e.